The first-order valence-electron chi connectivity index (χ1n) is 11.2. The SMILES string of the molecule is CCNc1nc2cc(C#CCOC(C)=O)c(Cl)cc2nc1N1CCN(C(=O)OC(C)(C)C)CC1. The minimum absolute atomic E-state index is 0.00771. The van der Waals surface area contributed by atoms with Gasteiger partial charge in [0.1, 0.15) is 5.60 Å². The molecule has 2 aromatic rings. The summed E-state index contributed by atoms with van der Waals surface area (Å²) in [6.07, 6.45) is -0.308. The van der Waals surface area contributed by atoms with Gasteiger partial charge in [0, 0.05) is 45.2 Å². The Labute approximate surface area is 204 Å². The average Bonchev–Trinajstić information content (AvgIpc) is 2.76. The molecule has 34 heavy (non-hydrogen) atoms. The van der Waals surface area contributed by atoms with E-state index in [1.807, 2.05) is 27.7 Å². The molecule has 9 nitrogen and oxygen atoms in total. The first kappa shape index (κ1) is 25.4. The predicted molar refractivity (Wildman–Crippen MR) is 132 cm³/mol. The van der Waals surface area contributed by atoms with Crippen molar-refractivity contribution in [3.8, 4) is 11.8 Å². The lowest BCUT2D eigenvalue weighted by atomic mass is 10.2. The van der Waals surface area contributed by atoms with Crippen LogP contribution in [0, 0.1) is 11.8 Å². The van der Waals surface area contributed by atoms with Gasteiger partial charge in [0.05, 0.1) is 16.1 Å². The fourth-order valence-corrected chi connectivity index (χ4v) is 3.57. The van der Waals surface area contributed by atoms with Crippen molar-refractivity contribution >= 4 is 46.3 Å². The Morgan fingerprint density at radius 2 is 1.82 bits per heavy atom. The number of benzene rings is 1. The van der Waals surface area contributed by atoms with Crippen LogP contribution in [0.4, 0.5) is 16.4 Å². The van der Waals surface area contributed by atoms with E-state index in [0.29, 0.717) is 66.0 Å². The van der Waals surface area contributed by atoms with Gasteiger partial charge >= 0.3 is 12.1 Å². The second-order valence-corrected chi connectivity index (χ2v) is 9.19. The molecule has 0 bridgehead atoms. The highest BCUT2D eigenvalue weighted by atomic mass is 35.5. The molecular formula is C24H30ClN5O4. The summed E-state index contributed by atoms with van der Waals surface area (Å²) in [6.45, 7) is 11.8. The number of nitrogens with one attached hydrogen (secondary N) is 1. The van der Waals surface area contributed by atoms with Crippen LogP contribution in [0.15, 0.2) is 12.1 Å². The Kier molecular flexibility index (Phi) is 8.05. The Hall–Kier alpha value is -3.25. The first-order valence-corrected chi connectivity index (χ1v) is 11.6. The number of carbonyl (C=O) groups excluding carboxylic acids is 2. The highest BCUT2D eigenvalue weighted by molar-refractivity contribution is 6.32. The third-order valence-corrected chi connectivity index (χ3v) is 5.19. The predicted octanol–water partition coefficient (Wildman–Crippen LogP) is 3.69. The molecular weight excluding hydrogens is 458 g/mol. The van der Waals surface area contributed by atoms with E-state index < -0.39 is 5.60 Å². The molecule has 0 saturated carbocycles. The number of ether oxygens (including phenoxy) is 2. The smallest absolute Gasteiger partial charge is 0.410 e. The molecule has 1 aromatic carbocycles. The lowest BCUT2D eigenvalue weighted by molar-refractivity contribution is -0.139. The van der Waals surface area contributed by atoms with Crippen molar-refractivity contribution in [2.75, 3.05) is 49.5 Å². The zero-order valence-electron chi connectivity index (χ0n) is 20.2. The van der Waals surface area contributed by atoms with E-state index in [1.54, 1.807) is 17.0 Å². The summed E-state index contributed by atoms with van der Waals surface area (Å²) in [5.41, 5.74) is 1.34. The van der Waals surface area contributed by atoms with Crippen molar-refractivity contribution in [3.63, 3.8) is 0 Å². The van der Waals surface area contributed by atoms with Crippen LogP contribution < -0.4 is 10.2 Å². The number of piperazine rings is 1. The largest absolute Gasteiger partial charge is 0.453 e. The summed E-state index contributed by atoms with van der Waals surface area (Å²) in [6, 6.07) is 3.51. The van der Waals surface area contributed by atoms with E-state index in [-0.39, 0.29) is 18.7 Å². The lowest BCUT2D eigenvalue weighted by Crippen LogP contribution is -2.50. The fraction of sp³-hybridized carbons (Fsp3) is 0.500. The number of amides is 1. The molecule has 0 spiro atoms. The number of rotatable bonds is 4. The number of esters is 1. The summed E-state index contributed by atoms with van der Waals surface area (Å²) >= 11 is 6.43. The highest BCUT2D eigenvalue weighted by Crippen LogP contribution is 2.29. The number of carbonyl (C=O) groups is 2. The molecule has 1 fully saturated rings. The zero-order chi connectivity index (χ0) is 24.9. The highest BCUT2D eigenvalue weighted by Gasteiger charge is 2.27. The average molecular weight is 488 g/mol. The molecule has 1 saturated heterocycles. The maximum atomic E-state index is 12.4. The van der Waals surface area contributed by atoms with Gasteiger partial charge in [-0.3, -0.25) is 4.79 Å². The van der Waals surface area contributed by atoms with Crippen LogP contribution in [0.2, 0.25) is 5.02 Å². The van der Waals surface area contributed by atoms with Gasteiger partial charge in [-0.1, -0.05) is 23.4 Å². The van der Waals surface area contributed by atoms with E-state index in [9.17, 15) is 9.59 Å². The molecule has 1 aliphatic heterocycles. The molecule has 1 amide bonds. The van der Waals surface area contributed by atoms with E-state index >= 15 is 0 Å². The zero-order valence-corrected chi connectivity index (χ0v) is 21.0. The number of hydrogen-bond acceptors (Lipinski definition) is 8. The van der Waals surface area contributed by atoms with Gasteiger partial charge in [0.25, 0.3) is 0 Å². The molecule has 2 heterocycles. The summed E-state index contributed by atoms with van der Waals surface area (Å²) in [5, 5.41) is 3.72. The quantitative estimate of drug-likeness (QED) is 0.515. The number of hydrogen-bond donors (Lipinski definition) is 1. The van der Waals surface area contributed by atoms with Gasteiger partial charge in [-0.2, -0.15) is 0 Å². The molecule has 0 unspecified atom stereocenters. The monoisotopic (exact) mass is 487 g/mol. The lowest BCUT2D eigenvalue weighted by Gasteiger charge is -2.36. The molecule has 3 rings (SSSR count). The van der Waals surface area contributed by atoms with Gasteiger partial charge in [-0.05, 0) is 39.8 Å². The van der Waals surface area contributed by atoms with Crippen molar-refractivity contribution in [1.29, 1.82) is 0 Å². The van der Waals surface area contributed by atoms with Crippen LogP contribution in [-0.4, -0.2) is 71.9 Å². The molecule has 0 radical (unpaired) electrons. The van der Waals surface area contributed by atoms with Crippen LogP contribution in [0.25, 0.3) is 11.0 Å². The molecule has 1 aliphatic rings. The minimum Gasteiger partial charge on any atom is -0.453 e. The molecule has 1 N–H and O–H groups in total. The number of aromatic nitrogens is 2. The third kappa shape index (κ3) is 6.64. The Morgan fingerprint density at radius 3 is 2.44 bits per heavy atom. The number of fused-ring (bicyclic) bond motifs is 1. The van der Waals surface area contributed by atoms with Gasteiger partial charge in [-0.25, -0.2) is 14.8 Å². The fourth-order valence-electron chi connectivity index (χ4n) is 3.37. The van der Waals surface area contributed by atoms with E-state index in [1.165, 1.54) is 6.92 Å². The number of halogens is 1. The second-order valence-electron chi connectivity index (χ2n) is 8.78. The third-order valence-electron chi connectivity index (χ3n) is 4.88. The van der Waals surface area contributed by atoms with Crippen molar-refractivity contribution < 1.29 is 19.1 Å². The van der Waals surface area contributed by atoms with Gasteiger partial charge in [0.15, 0.2) is 18.2 Å². The van der Waals surface area contributed by atoms with E-state index in [2.05, 4.69) is 22.1 Å². The Morgan fingerprint density at radius 1 is 1.15 bits per heavy atom. The van der Waals surface area contributed by atoms with Crippen molar-refractivity contribution in [2.24, 2.45) is 0 Å². The summed E-state index contributed by atoms with van der Waals surface area (Å²) in [5.74, 6) is 6.67. The second kappa shape index (κ2) is 10.8. The Bertz CT molecular complexity index is 1130. The maximum Gasteiger partial charge on any atom is 0.410 e. The Balaban J connectivity index is 1.83. The van der Waals surface area contributed by atoms with Crippen LogP contribution in [0.3, 0.4) is 0 Å². The van der Waals surface area contributed by atoms with Crippen LogP contribution in [-0.2, 0) is 14.3 Å². The van der Waals surface area contributed by atoms with Crippen LogP contribution in [0.1, 0.15) is 40.2 Å². The van der Waals surface area contributed by atoms with Gasteiger partial charge in [-0.15, -0.1) is 0 Å². The number of nitrogens with zero attached hydrogens (tertiary/aromatic N) is 4. The van der Waals surface area contributed by atoms with Crippen LogP contribution >= 0.6 is 11.6 Å². The summed E-state index contributed by atoms with van der Waals surface area (Å²) in [4.78, 5) is 36.7. The molecule has 0 aliphatic carbocycles. The molecule has 10 heteroatoms. The normalized spacial score (nSPS) is 13.8. The van der Waals surface area contributed by atoms with E-state index in [0.717, 1.165) is 0 Å². The van der Waals surface area contributed by atoms with Crippen molar-refractivity contribution in [3.05, 3.63) is 22.7 Å². The summed E-state index contributed by atoms with van der Waals surface area (Å²) < 4.78 is 10.3. The van der Waals surface area contributed by atoms with Crippen molar-refractivity contribution in [2.45, 2.75) is 40.2 Å². The van der Waals surface area contributed by atoms with Crippen molar-refractivity contribution in [1.82, 2.24) is 14.9 Å². The number of anilines is 2. The minimum atomic E-state index is -0.529. The van der Waals surface area contributed by atoms with E-state index in [4.69, 9.17) is 31.0 Å². The molecule has 0 atom stereocenters. The van der Waals surface area contributed by atoms with Crippen LogP contribution in [0.5, 0.6) is 0 Å². The molecule has 182 valence electrons. The van der Waals surface area contributed by atoms with Gasteiger partial charge in [0.2, 0.25) is 0 Å². The summed E-state index contributed by atoms with van der Waals surface area (Å²) in [7, 11) is 0. The first-order chi connectivity index (χ1) is 16.1. The molecule has 1 aromatic heterocycles. The standard InChI is InChI=1S/C24H30ClN5O4/c1-6-26-21-22(29-9-11-30(12-10-29)23(32)34-24(3,4)5)28-20-15-18(25)17(14-19(20)27-21)8-7-13-33-16(2)31/h14-15H,6,9-13H2,1-5H3,(H,26,27). The van der Waals surface area contributed by atoms with Gasteiger partial charge < -0.3 is 24.6 Å². The topological polar surface area (TPSA) is 96.9 Å². The maximum absolute atomic E-state index is 12.4.